The molecule has 0 aromatic heterocycles. The molecule has 0 bridgehead atoms. The van der Waals surface area contributed by atoms with E-state index in [0.29, 0.717) is 0 Å². The van der Waals surface area contributed by atoms with Gasteiger partial charge in [-0.25, -0.2) is 5.43 Å². The molecule has 4 nitrogen and oxygen atoms in total. The summed E-state index contributed by atoms with van der Waals surface area (Å²) in [6, 6.07) is 8.05. The molecule has 0 unspecified atom stereocenters. The van der Waals surface area contributed by atoms with Crippen LogP contribution in [0.3, 0.4) is 0 Å². The maximum atomic E-state index is 3.66. The monoisotopic (exact) mass is 218 g/mol. The van der Waals surface area contributed by atoms with Crippen LogP contribution < -0.4 is 21.5 Å². The van der Waals surface area contributed by atoms with Crippen molar-refractivity contribution in [2.24, 2.45) is 0 Å². The van der Waals surface area contributed by atoms with E-state index in [9.17, 15) is 0 Å². The van der Waals surface area contributed by atoms with Gasteiger partial charge in [-0.15, -0.1) is 0 Å². The summed E-state index contributed by atoms with van der Waals surface area (Å²) in [6.07, 6.45) is 3.54. The molecule has 0 fully saturated rings. The molecule has 1 aromatic rings. The molecule has 4 heteroatoms. The number of hydrogen-bond acceptors (Lipinski definition) is 4. The van der Waals surface area contributed by atoms with Crippen molar-refractivity contribution in [2.75, 3.05) is 19.5 Å². The van der Waals surface area contributed by atoms with Crippen LogP contribution in [0.4, 0.5) is 5.69 Å². The Kier molecular flexibility index (Phi) is 4.95. The van der Waals surface area contributed by atoms with E-state index < -0.39 is 0 Å². The van der Waals surface area contributed by atoms with Gasteiger partial charge in [-0.3, -0.25) is 0 Å². The summed E-state index contributed by atoms with van der Waals surface area (Å²) in [7, 11) is 3.69. The lowest BCUT2D eigenvalue weighted by Crippen LogP contribution is -2.15. The van der Waals surface area contributed by atoms with Gasteiger partial charge >= 0.3 is 0 Å². The van der Waals surface area contributed by atoms with Crippen molar-refractivity contribution in [2.45, 2.75) is 0 Å². The molecule has 0 spiro atoms. The quantitative estimate of drug-likeness (QED) is 0.546. The molecule has 0 atom stereocenters. The van der Waals surface area contributed by atoms with Gasteiger partial charge in [-0.05, 0) is 18.3 Å². The van der Waals surface area contributed by atoms with Gasteiger partial charge in [0.15, 0.2) is 0 Å². The summed E-state index contributed by atoms with van der Waals surface area (Å²) in [4.78, 5) is 0. The molecular formula is C12H18N4. The van der Waals surface area contributed by atoms with Gasteiger partial charge in [0.25, 0.3) is 0 Å². The zero-order valence-electron chi connectivity index (χ0n) is 9.67. The smallest absolute Gasteiger partial charge is 0.0613 e. The van der Waals surface area contributed by atoms with Gasteiger partial charge < -0.3 is 16.1 Å². The number of rotatable bonds is 6. The highest BCUT2D eigenvalue weighted by Crippen LogP contribution is 2.15. The van der Waals surface area contributed by atoms with E-state index in [1.807, 2.05) is 44.6 Å². The molecule has 0 heterocycles. The van der Waals surface area contributed by atoms with Crippen molar-refractivity contribution in [1.29, 1.82) is 0 Å². The highest BCUT2D eigenvalue weighted by Gasteiger charge is 2.00. The Labute approximate surface area is 96.4 Å². The lowest BCUT2D eigenvalue weighted by atomic mass is 10.1. The predicted octanol–water partition coefficient (Wildman–Crippen LogP) is 1.48. The lowest BCUT2D eigenvalue weighted by molar-refractivity contribution is 0.983. The third-order valence-corrected chi connectivity index (χ3v) is 1.99. The minimum atomic E-state index is 0.970. The summed E-state index contributed by atoms with van der Waals surface area (Å²) in [5, 5.41) is 6.08. The second-order valence-corrected chi connectivity index (χ2v) is 3.15. The fourth-order valence-corrected chi connectivity index (χ4v) is 1.37. The van der Waals surface area contributed by atoms with Crippen LogP contribution in [-0.4, -0.2) is 14.1 Å². The Hall–Kier alpha value is -1.94. The summed E-state index contributed by atoms with van der Waals surface area (Å²) in [5.74, 6) is 0. The van der Waals surface area contributed by atoms with Crippen LogP contribution in [-0.2, 0) is 0 Å². The van der Waals surface area contributed by atoms with Gasteiger partial charge in [-0.1, -0.05) is 18.7 Å². The van der Waals surface area contributed by atoms with E-state index in [4.69, 9.17) is 0 Å². The molecule has 0 aliphatic rings. The zero-order chi connectivity index (χ0) is 11.8. The first-order valence-electron chi connectivity index (χ1n) is 5.10. The second kappa shape index (κ2) is 6.53. The van der Waals surface area contributed by atoms with Crippen LogP contribution in [0.1, 0.15) is 5.56 Å². The van der Waals surface area contributed by atoms with Gasteiger partial charge in [0, 0.05) is 31.5 Å². The molecule has 0 radical (unpaired) electrons. The molecule has 0 saturated heterocycles. The second-order valence-electron chi connectivity index (χ2n) is 3.15. The van der Waals surface area contributed by atoms with Crippen LogP contribution in [0.25, 0.3) is 5.70 Å². The van der Waals surface area contributed by atoms with Crippen molar-refractivity contribution in [3.05, 3.63) is 48.8 Å². The van der Waals surface area contributed by atoms with Crippen LogP contribution in [0.15, 0.2) is 43.2 Å². The van der Waals surface area contributed by atoms with Crippen LogP contribution in [0, 0.1) is 0 Å². The maximum Gasteiger partial charge on any atom is 0.0613 e. The summed E-state index contributed by atoms with van der Waals surface area (Å²) in [6.45, 7) is 3.66. The molecule has 1 rings (SSSR count). The molecule has 4 N–H and O–H groups in total. The van der Waals surface area contributed by atoms with E-state index in [1.54, 1.807) is 6.20 Å². The SMILES string of the molecule is C=CN/C(=C\NC)c1cccc(NNC)c1. The number of hydrogen-bond donors (Lipinski definition) is 4. The minimum absolute atomic E-state index is 0.970. The van der Waals surface area contributed by atoms with Gasteiger partial charge in [0.1, 0.15) is 0 Å². The number of nitrogens with one attached hydrogen (secondary N) is 4. The fraction of sp³-hybridized carbons (Fsp3) is 0.167. The molecule has 0 amide bonds. The van der Waals surface area contributed by atoms with E-state index in [-0.39, 0.29) is 0 Å². The van der Waals surface area contributed by atoms with E-state index in [0.717, 1.165) is 16.9 Å². The molecule has 1 aromatic carbocycles. The molecule has 0 aliphatic carbocycles. The normalized spacial score (nSPS) is 10.8. The van der Waals surface area contributed by atoms with Crippen LogP contribution in [0.2, 0.25) is 0 Å². The third-order valence-electron chi connectivity index (χ3n) is 1.99. The van der Waals surface area contributed by atoms with Crippen LogP contribution in [0.5, 0.6) is 0 Å². The van der Waals surface area contributed by atoms with Crippen molar-refractivity contribution in [3.8, 4) is 0 Å². The van der Waals surface area contributed by atoms with E-state index >= 15 is 0 Å². The summed E-state index contributed by atoms with van der Waals surface area (Å²) < 4.78 is 0. The number of benzene rings is 1. The predicted molar refractivity (Wildman–Crippen MR) is 69.5 cm³/mol. The molecule has 86 valence electrons. The van der Waals surface area contributed by atoms with Crippen molar-refractivity contribution in [1.82, 2.24) is 16.1 Å². The Morgan fingerprint density at radius 3 is 2.75 bits per heavy atom. The zero-order valence-corrected chi connectivity index (χ0v) is 9.67. The Balaban J connectivity index is 2.95. The third kappa shape index (κ3) is 3.33. The van der Waals surface area contributed by atoms with Crippen molar-refractivity contribution >= 4 is 11.4 Å². The Bertz CT molecular complexity index is 371. The highest BCUT2D eigenvalue weighted by atomic mass is 15.3. The lowest BCUT2D eigenvalue weighted by Gasteiger charge is -2.10. The Morgan fingerprint density at radius 1 is 1.31 bits per heavy atom. The minimum Gasteiger partial charge on any atom is -0.392 e. The topological polar surface area (TPSA) is 48.1 Å². The fourth-order valence-electron chi connectivity index (χ4n) is 1.37. The summed E-state index contributed by atoms with van der Waals surface area (Å²) in [5.41, 5.74) is 8.98. The van der Waals surface area contributed by atoms with E-state index in [2.05, 4.69) is 28.1 Å². The number of hydrazine groups is 1. The average Bonchev–Trinajstić information content (AvgIpc) is 2.30. The van der Waals surface area contributed by atoms with Crippen LogP contribution >= 0.6 is 0 Å². The van der Waals surface area contributed by atoms with Gasteiger partial charge in [-0.2, -0.15) is 0 Å². The molecule has 0 saturated carbocycles. The largest absolute Gasteiger partial charge is 0.392 e. The van der Waals surface area contributed by atoms with Crippen molar-refractivity contribution in [3.63, 3.8) is 0 Å². The first kappa shape index (κ1) is 12.1. The highest BCUT2D eigenvalue weighted by molar-refractivity contribution is 5.67. The van der Waals surface area contributed by atoms with Gasteiger partial charge in [0.05, 0.1) is 5.70 Å². The first-order valence-corrected chi connectivity index (χ1v) is 5.10. The molecular weight excluding hydrogens is 200 g/mol. The van der Waals surface area contributed by atoms with Crippen molar-refractivity contribution < 1.29 is 0 Å². The average molecular weight is 218 g/mol. The molecule has 16 heavy (non-hydrogen) atoms. The van der Waals surface area contributed by atoms with Gasteiger partial charge in [0.2, 0.25) is 0 Å². The summed E-state index contributed by atoms with van der Waals surface area (Å²) >= 11 is 0. The standard InChI is InChI=1S/C12H18N4/c1-4-15-12(9-13-2)10-6-5-7-11(8-10)16-14-3/h4-9,13-16H,1H2,2-3H3/b12-9-. The Morgan fingerprint density at radius 2 is 2.12 bits per heavy atom. The van der Waals surface area contributed by atoms with E-state index in [1.165, 1.54) is 0 Å². The first-order chi connectivity index (χ1) is 7.81. The number of anilines is 1. The maximum absolute atomic E-state index is 3.66. The molecule has 0 aliphatic heterocycles.